The molecule has 0 radical (unpaired) electrons. The average molecular weight is 222 g/mol. The van der Waals surface area contributed by atoms with Crippen molar-refractivity contribution >= 4 is 27.8 Å². The standard InChI is InChI=1S/C6H23N3Si3/c1-8(2)7-10-9(11(3)4)12(5)6/h7,11-12H,10H2,1-6H3. The third kappa shape index (κ3) is 5.22. The van der Waals surface area contributed by atoms with E-state index in [0.29, 0.717) is 0 Å². The summed E-state index contributed by atoms with van der Waals surface area (Å²) in [5.74, 6) is 0. The summed E-state index contributed by atoms with van der Waals surface area (Å²) in [4.78, 5) is 0. The Labute approximate surface area is 82.5 Å². The van der Waals surface area contributed by atoms with E-state index in [0.717, 1.165) is 0 Å². The lowest BCUT2D eigenvalue weighted by Crippen LogP contribution is -2.53. The van der Waals surface area contributed by atoms with Gasteiger partial charge in [0.2, 0.25) is 0 Å². The molecular weight excluding hydrogens is 198 g/mol. The molecule has 0 fully saturated rings. The largest absolute Gasteiger partial charge is 0.365 e. The first-order valence-corrected chi connectivity index (χ1v) is 11.6. The molecule has 0 saturated heterocycles. The fourth-order valence-corrected chi connectivity index (χ4v) is 9.81. The van der Waals surface area contributed by atoms with Gasteiger partial charge in [0.15, 0.2) is 9.84 Å². The summed E-state index contributed by atoms with van der Waals surface area (Å²) in [6, 6.07) is 0. The van der Waals surface area contributed by atoms with Crippen molar-refractivity contribution in [3.63, 3.8) is 0 Å². The van der Waals surface area contributed by atoms with Crippen LogP contribution >= 0.6 is 0 Å². The van der Waals surface area contributed by atoms with Gasteiger partial charge in [-0.1, -0.05) is 26.2 Å². The topological polar surface area (TPSA) is 18.5 Å². The Morgan fingerprint density at radius 2 is 1.42 bits per heavy atom. The molecule has 0 aliphatic heterocycles. The van der Waals surface area contributed by atoms with Crippen LogP contribution in [-0.2, 0) is 0 Å². The summed E-state index contributed by atoms with van der Waals surface area (Å²) >= 11 is 0. The van der Waals surface area contributed by atoms with E-state index >= 15 is 0 Å². The second-order valence-corrected chi connectivity index (χ2v) is 13.0. The van der Waals surface area contributed by atoms with Crippen molar-refractivity contribution in [3.05, 3.63) is 0 Å². The van der Waals surface area contributed by atoms with Crippen molar-refractivity contribution in [3.8, 4) is 0 Å². The number of hydrogen-bond donors (Lipinski definition) is 1. The second kappa shape index (κ2) is 6.06. The van der Waals surface area contributed by atoms with Gasteiger partial charge in [-0.05, 0) is 0 Å². The zero-order valence-electron chi connectivity index (χ0n) is 9.26. The lowest BCUT2D eigenvalue weighted by molar-refractivity contribution is 0.368. The van der Waals surface area contributed by atoms with Crippen LogP contribution in [-0.4, -0.2) is 50.8 Å². The Morgan fingerprint density at radius 1 is 1.00 bits per heavy atom. The van der Waals surface area contributed by atoms with E-state index < -0.39 is 17.9 Å². The third-order valence-corrected chi connectivity index (χ3v) is 14.7. The minimum atomic E-state index is -0.535. The highest BCUT2D eigenvalue weighted by Gasteiger charge is 2.14. The Morgan fingerprint density at radius 3 is 1.67 bits per heavy atom. The van der Waals surface area contributed by atoms with Crippen molar-refractivity contribution in [2.45, 2.75) is 26.2 Å². The van der Waals surface area contributed by atoms with E-state index in [1.54, 1.807) is 0 Å². The first-order valence-electron chi connectivity index (χ1n) is 4.61. The van der Waals surface area contributed by atoms with Gasteiger partial charge >= 0.3 is 0 Å². The van der Waals surface area contributed by atoms with E-state index in [1.807, 2.05) is 0 Å². The Balaban J connectivity index is 3.80. The van der Waals surface area contributed by atoms with Crippen molar-refractivity contribution in [1.29, 1.82) is 0 Å². The molecule has 1 N–H and O–H groups in total. The minimum Gasteiger partial charge on any atom is -0.365 e. The molecule has 0 aromatic heterocycles. The zero-order valence-corrected chi connectivity index (χ0v) is 13.0. The minimum absolute atomic E-state index is 0.184. The van der Waals surface area contributed by atoms with Gasteiger partial charge in [0, 0.05) is 14.1 Å². The number of hydrazine groups is 1. The molecule has 12 heavy (non-hydrogen) atoms. The van der Waals surface area contributed by atoms with E-state index in [9.17, 15) is 0 Å². The highest BCUT2D eigenvalue weighted by Crippen LogP contribution is 1.95. The third-order valence-electron chi connectivity index (χ3n) is 1.90. The summed E-state index contributed by atoms with van der Waals surface area (Å²) in [6.45, 7) is 9.71. The molecule has 0 saturated carbocycles. The number of hydrogen-bond acceptors (Lipinski definition) is 3. The molecule has 74 valence electrons. The van der Waals surface area contributed by atoms with Gasteiger partial charge in [-0.2, -0.15) is 0 Å². The maximum atomic E-state index is 3.48. The van der Waals surface area contributed by atoms with Crippen molar-refractivity contribution in [2.75, 3.05) is 14.1 Å². The van der Waals surface area contributed by atoms with Crippen LogP contribution in [0.3, 0.4) is 0 Å². The number of rotatable bonds is 5. The van der Waals surface area contributed by atoms with E-state index in [2.05, 4.69) is 54.3 Å². The predicted octanol–water partition coefficient (Wildman–Crippen LogP) is -0.680. The van der Waals surface area contributed by atoms with E-state index in [1.165, 1.54) is 0 Å². The quantitative estimate of drug-likeness (QED) is 0.490. The lowest BCUT2D eigenvalue weighted by Gasteiger charge is -2.30. The highest BCUT2D eigenvalue weighted by molar-refractivity contribution is 6.79. The van der Waals surface area contributed by atoms with Gasteiger partial charge in [-0.15, -0.1) is 0 Å². The Hall–Kier alpha value is 0.531. The normalized spacial score (nSPS) is 13.5. The van der Waals surface area contributed by atoms with Gasteiger partial charge in [-0.3, -0.25) is 10.1 Å². The predicted molar refractivity (Wildman–Crippen MR) is 65.0 cm³/mol. The van der Waals surface area contributed by atoms with Gasteiger partial charge in [0.1, 0.15) is 0 Å². The van der Waals surface area contributed by atoms with Crippen molar-refractivity contribution < 1.29 is 0 Å². The smallest absolute Gasteiger partial charge is 0.171 e. The summed E-state index contributed by atoms with van der Waals surface area (Å²) in [7, 11) is 2.90. The molecule has 0 unspecified atom stereocenters. The van der Waals surface area contributed by atoms with Crippen LogP contribution in [0.1, 0.15) is 0 Å². The maximum Gasteiger partial charge on any atom is 0.171 e. The fourth-order valence-electron chi connectivity index (χ4n) is 1.18. The number of nitrogens with zero attached hydrogens (tertiary/aromatic N) is 2. The van der Waals surface area contributed by atoms with Gasteiger partial charge in [0.05, 0.1) is 17.9 Å². The summed E-state index contributed by atoms with van der Waals surface area (Å²) in [5.41, 5.74) is 0. The average Bonchev–Trinajstić information content (AvgIpc) is 1.84. The van der Waals surface area contributed by atoms with E-state index in [4.69, 9.17) is 0 Å². The van der Waals surface area contributed by atoms with Crippen LogP contribution in [0.2, 0.25) is 26.2 Å². The molecule has 0 amide bonds. The van der Waals surface area contributed by atoms with Crippen LogP contribution < -0.4 is 5.09 Å². The van der Waals surface area contributed by atoms with Gasteiger partial charge in [-0.25, -0.2) is 0 Å². The van der Waals surface area contributed by atoms with Crippen molar-refractivity contribution in [2.24, 2.45) is 0 Å². The summed E-state index contributed by atoms with van der Waals surface area (Å²) in [5, 5.41) is 5.57. The number of nitrogens with one attached hydrogen (secondary N) is 1. The molecule has 0 heterocycles. The first-order chi connectivity index (χ1) is 5.45. The van der Waals surface area contributed by atoms with Gasteiger partial charge < -0.3 is 3.90 Å². The molecule has 0 aromatic carbocycles. The molecule has 0 aromatic rings. The monoisotopic (exact) mass is 221 g/mol. The van der Waals surface area contributed by atoms with Crippen LogP contribution in [0.15, 0.2) is 0 Å². The summed E-state index contributed by atoms with van der Waals surface area (Å²) < 4.78 is 2.82. The molecule has 0 atom stereocenters. The van der Waals surface area contributed by atoms with Crippen LogP contribution in [0.25, 0.3) is 0 Å². The molecule has 0 bridgehead atoms. The molecule has 0 spiro atoms. The first kappa shape index (κ1) is 12.5. The fraction of sp³-hybridized carbons (Fsp3) is 1.00. The highest BCUT2D eigenvalue weighted by atomic mass is 28.4. The Kier molecular flexibility index (Phi) is 6.32. The molecule has 3 nitrogen and oxygen atoms in total. The van der Waals surface area contributed by atoms with Crippen LogP contribution in [0.4, 0.5) is 0 Å². The van der Waals surface area contributed by atoms with Crippen LogP contribution in [0.5, 0.6) is 0 Å². The molecule has 0 aliphatic rings. The van der Waals surface area contributed by atoms with E-state index in [-0.39, 0.29) is 9.84 Å². The van der Waals surface area contributed by atoms with Crippen molar-refractivity contribution in [1.82, 2.24) is 14.0 Å². The molecule has 0 rings (SSSR count). The molecule has 6 heteroatoms. The molecular formula is C6H23N3Si3. The van der Waals surface area contributed by atoms with Gasteiger partial charge in [0.25, 0.3) is 0 Å². The summed E-state index contributed by atoms with van der Waals surface area (Å²) in [6.07, 6.45) is 0. The van der Waals surface area contributed by atoms with Crippen LogP contribution in [0, 0.1) is 0 Å². The second-order valence-electron chi connectivity index (χ2n) is 3.91. The Bertz CT molecular complexity index is 111. The molecule has 0 aliphatic carbocycles. The SMILES string of the molecule is CN(C)N[SiH2]N([SiH](C)C)[SiH](C)C. The maximum absolute atomic E-state index is 3.48. The zero-order chi connectivity index (χ0) is 9.72. The lowest BCUT2D eigenvalue weighted by atomic mass is 11.2.